The average molecular weight is 348 g/mol. The van der Waals surface area contributed by atoms with Crippen molar-refractivity contribution in [2.75, 3.05) is 6.61 Å². The molecule has 0 unspecified atom stereocenters. The van der Waals surface area contributed by atoms with Crippen molar-refractivity contribution in [1.82, 2.24) is 10.3 Å². The molecule has 25 heavy (non-hydrogen) atoms. The highest BCUT2D eigenvalue weighted by atomic mass is 16.5. The van der Waals surface area contributed by atoms with E-state index in [4.69, 9.17) is 4.74 Å². The molecule has 0 radical (unpaired) electrons. The van der Waals surface area contributed by atoms with Crippen molar-refractivity contribution in [1.29, 1.82) is 0 Å². The smallest absolute Gasteiger partial charge is 0.355 e. The Labute approximate surface area is 148 Å². The third-order valence-corrected chi connectivity index (χ3v) is 5.38. The minimum atomic E-state index is -0.617. The third-order valence-electron chi connectivity index (χ3n) is 5.38. The molecular weight excluding hydrogens is 320 g/mol. The number of nitrogens with one attached hydrogen (secondary N) is 2. The molecule has 1 amide bonds. The molecule has 1 aromatic rings. The van der Waals surface area contributed by atoms with Crippen LogP contribution < -0.4 is 5.32 Å². The fourth-order valence-corrected chi connectivity index (χ4v) is 3.72. The van der Waals surface area contributed by atoms with Crippen molar-refractivity contribution in [2.24, 2.45) is 11.8 Å². The van der Waals surface area contributed by atoms with Crippen molar-refractivity contribution in [3.63, 3.8) is 0 Å². The van der Waals surface area contributed by atoms with Crippen LogP contribution in [0.4, 0.5) is 0 Å². The normalized spacial score (nSPS) is 23.2. The van der Waals surface area contributed by atoms with Crippen molar-refractivity contribution in [3.05, 3.63) is 22.5 Å². The number of Topliss-reactive ketones (excluding diaryl/α,β-unsaturated/α-hetero) is 1. The van der Waals surface area contributed by atoms with Gasteiger partial charge in [0, 0.05) is 17.3 Å². The number of ketones is 1. The number of H-pyrrole nitrogens is 1. The Morgan fingerprint density at radius 3 is 2.48 bits per heavy atom. The van der Waals surface area contributed by atoms with Crippen LogP contribution in [0.15, 0.2) is 0 Å². The van der Waals surface area contributed by atoms with E-state index in [0.29, 0.717) is 28.7 Å². The number of esters is 1. The van der Waals surface area contributed by atoms with Gasteiger partial charge in [-0.1, -0.05) is 26.7 Å². The molecule has 1 fully saturated rings. The lowest BCUT2D eigenvalue weighted by atomic mass is 9.78. The summed E-state index contributed by atoms with van der Waals surface area (Å²) in [4.78, 5) is 38.9. The summed E-state index contributed by atoms with van der Waals surface area (Å²) in [7, 11) is 0. The predicted octanol–water partition coefficient (Wildman–Crippen LogP) is 2.93. The van der Waals surface area contributed by atoms with Crippen LogP contribution >= 0.6 is 0 Å². The quantitative estimate of drug-likeness (QED) is 0.632. The highest BCUT2D eigenvalue weighted by molar-refractivity contribution is 6.01. The van der Waals surface area contributed by atoms with E-state index in [0.717, 1.165) is 12.8 Å². The zero-order valence-electron chi connectivity index (χ0n) is 15.7. The number of carbonyl (C=O) groups excluding carboxylic acids is 3. The monoisotopic (exact) mass is 348 g/mol. The van der Waals surface area contributed by atoms with Gasteiger partial charge in [-0.15, -0.1) is 0 Å². The van der Waals surface area contributed by atoms with Gasteiger partial charge >= 0.3 is 5.97 Å². The predicted molar refractivity (Wildman–Crippen MR) is 94.7 cm³/mol. The zero-order chi connectivity index (χ0) is 18.7. The lowest BCUT2D eigenvalue weighted by molar-refractivity contribution is -0.125. The number of amides is 1. The van der Waals surface area contributed by atoms with Crippen LogP contribution in [0, 0.1) is 25.7 Å². The Morgan fingerprint density at radius 2 is 1.88 bits per heavy atom. The Kier molecular flexibility index (Phi) is 6.03. The second-order valence-corrected chi connectivity index (χ2v) is 7.20. The molecule has 0 aliphatic heterocycles. The van der Waals surface area contributed by atoms with Gasteiger partial charge in [0.15, 0.2) is 12.4 Å². The van der Waals surface area contributed by atoms with Gasteiger partial charge in [0.1, 0.15) is 5.69 Å². The first-order valence-corrected chi connectivity index (χ1v) is 8.89. The van der Waals surface area contributed by atoms with E-state index in [-0.39, 0.29) is 30.0 Å². The largest absolute Gasteiger partial charge is 0.451 e. The molecule has 0 bridgehead atoms. The summed E-state index contributed by atoms with van der Waals surface area (Å²) < 4.78 is 5.13. The molecule has 6 heteroatoms. The third kappa shape index (κ3) is 4.30. The van der Waals surface area contributed by atoms with Gasteiger partial charge in [0.2, 0.25) is 0 Å². The maximum atomic E-state index is 12.2. The molecule has 0 spiro atoms. The van der Waals surface area contributed by atoms with Crippen LogP contribution in [-0.2, 0) is 9.53 Å². The maximum absolute atomic E-state index is 12.2. The molecule has 138 valence electrons. The van der Waals surface area contributed by atoms with Gasteiger partial charge in [-0.25, -0.2) is 4.79 Å². The summed E-state index contributed by atoms with van der Waals surface area (Å²) in [5.41, 5.74) is 1.92. The summed E-state index contributed by atoms with van der Waals surface area (Å²) in [6.07, 6.45) is 3.25. The van der Waals surface area contributed by atoms with Crippen LogP contribution in [-0.4, -0.2) is 35.3 Å². The number of aromatic nitrogens is 1. The van der Waals surface area contributed by atoms with Crippen LogP contribution in [0.3, 0.4) is 0 Å². The van der Waals surface area contributed by atoms with Gasteiger partial charge in [0.25, 0.3) is 5.91 Å². The molecule has 1 aliphatic rings. The number of hydrogen-bond acceptors (Lipinski definition) is 4. The number of carbonyl (C=O) groups is 3. The fraction of sp³-hybridized carbons (Fsp3) is 0.632. The van der Waals surface area contributed by atoms with Crippen LogP contribution in [0.5, 0.6) is 0 Å². The number of aryl methyl sites for hydroxylation is 1. The number of rotatable bonds is 5. The minimum absolute atomic E-state index is 0.108. The number of hydrogen-bond donors (Lipinski definition) is 2. The van der Waals surface area contributed by atoms with E-state index in [9.17, 15) is 14.4 Å². The maximum Gasteiger partial charge on any atom is 0.355 e. The number of ether oxygens (including phenoxy) is 1. The summed E-state index contributed by atoms with van der Waals surface area (Å²) >= 11 is 0. The average Bonchev–Trinajstić information content (AvgIpc) is 2.84. The van der Waals surface area contributed by atoms with Gasteiger partial charge in [0.05, 0.1) is 0 Å². The number of aromatic amines is 1. The topological polar surface area (TPSA) is 88.3 Å². The summed E-state index contributed by atoms with van der Waals surface area (Å²) in [6.45, 7) is 8.92. The first-order valence-electron chi connectivity index (χ1n) is 8.89. The first-order chi connectivity index (χ1) is 11.7. The van der Waals surface area contributed by atoms with Crippen molar-refractivity contribution in [2.45, 2.75) is 59.9 Å². The van der Waals surface area contributed by atoms with E-state index in [1.54, 1.807) is 13.8 Å². The van der Waals surface area contributed by atoms with E-state index in [1.165, 1.54) is 13.3 Å². The van der Waals surface area contributed by atoms with E-state index in [1.807, 2.05) is 0 Å². The lowest BCUT2D eigenvalue weighted by Crippen LogP contribution is -2.45. The molecule has 1 heterocycles. The summed E-state index contributed by atoms with van der Waals surface area (Å²) in [5, 5.41) is 2.97. The highest BCUT2D eigenvalue weighted by Crippen LogP contribution is 2.29. The van der Waals surface area contributed by atoms with Crippen LogP contribution in [0.1, 0.15) is 72.1 Å². The second kappa shape index (κ2) is 7.85. The van der Waals surface area contributed by atoms with Crippen LogP contribution in [0.25, 0.3) is 0 Å². The first kappa shape index (κ1) is 19.2. The Balaban J connectivity index is 1.93. The van der Waals surface area contributed by atoms with Crippen molar-refractivity contribution < 1.29 is 19.1 Å². The van der Waals surface area contributed by atoms with Crippen LogP contribution in [0.2, 0.25) is 0 Å². The Bertz CT molecular complexity index is 677. The molecule has 1 saturated carbocycles. The molecule has 0 aromatic carbocycles. The van der Waals surface area contributed by atoms with Gasteiger partial charge in [-0.05, 0) is 44.6 Å². The van der Waals surface area contributed by atoms with Crippen molar-refractivity contribution in [3.8, 4) is 0 Å². The Morgan fingerprint density at radius 1 is 1.20 bits per heavy atom. The fourth-order valence-electron chi connectivity index (χ4n) is 3.72. The van der Waals surface area contributed by atoms with Crippen molar-refractivity contribution >= 4 is 17.7 Å². The summed E-state index contributed by atoms with van der Waals surface area (Å²) in [6, 6.07) is 0.133. The molecule has 1 aliphatic carbocycles. The molecule has 0 saturated heterocycles. The van der Waals surface area contributed by atoms with E-state index in [2.05, 4.69) is 24.1 Å². The van der Waals surface area contributed by atoms with E-state index < -0.39 is 5.97 Å². The Hall–Kier alpha value is -2.11. The highest BCUT2D eigenvalue weighted by Gasteiger charge is 2.28. The summed E-state index contributed by atoms with van der Waals surface area (Å²) in [5.74, 6) is -0.0141. The molecular formula is C19H28N2O4. The van der Waals surface area contributed by atoms with Gasteiger partial charge in [-0.2, -0.15) is 0 Å². The molecule has 3 atom stereocenters. The van der Waals surface area contributed by atoms with E-state index >= 15 is 0 Å². The SMILES string of the molecule is CC(=O)c1c(C)[nH]c(C(=O)OCC(=O)N[C@H]2CCC[C@@H](C)[C@@H]2C)c1C. The molecule has 6 nitrogen and oxygen atoms in total. The minimum Gasteiger partial charge on any atom is -0.451 e. The molecule has 2 N–H and O–H groups in total. The standard InChI is InChI=1S/C19H28N2O4/c1-10-7-6-8-15(11(10)2)21-16(23)9-25-19(24)18-12(3)17(14(5)22)13(4)20-18/h10-11,15,20H,6-9H2,1-5H3,(H,21,23)/t10-,11+,15+/m1/s1. The lowest BCUT2D eigenvalue weighted by Gasteiger charge is -2.34. The van der Waals surface area contributed by atoms with Gasteiger partial charge < -0.3 is 15.0 Å². The molecule has 1 aromatic heterocycles. The second-order valence-electron chi connectivity index (χ2n) is 7.20. The zero-order valence-corrected chi connectivity index (χ0v) is 15.7. The van der Waals surface area contributed by atoms with Gasteiger partial charge in [-0.3, -0.25) is 9.59 Å². The molecule has 2 rings (SSSR count).